The topological polar surface area (TPSA) is 75.7 Å². The number of ether oxygens (including phenoxy) is 1. The molecule has 1 amide bonds. The largest absolute Gasteiger partial charge is 0.487 e. The molecular weight excluding hydrogens is 420 g/mol. The van der Waals surface area contributed by atoms with Crippen LogP contribution < -0.4 is 14.4 Å². The standard InChI is InChI=1S/C18H19BrN2O4S/c1-11-4-6-16(15(19)8-11)20-26(23,24)14-5-7-18-17(9-14)21(13(3)22)10-12(2)25-18/h4-9,12,20H,10H2,1-3H3. The third-order valence-corrected chi connectivity index (χ3v) is 6.07. The van der Waals surface area contributed by atoms with E-state index in [1.54, 1.807) is 12.1 Å². The fourth-order valence-corrected chi connectivity index (χ4v) is 4.61. The van der Waals surface area contributed by atoms with Crippen LogP contribution in [0.15, 0.2) is 45.8 Å². The van der Waals surface area contributed by atoms with Gasteiger partial charge in [0, 0.05) is 11.4 Å². The van der Waals surface area contributed by atoms with Crippen molar-refractivity contribution in [3.8, 4) is 5.75 Å². The number of amides is 1. The van der Waals surface area contributed by atoms with Crippen LogP contribution in [0.25, 0.3) is 0 Å². The molecule has 1 heterocycles. The van der Waals surface area contributed by atoms with Crippen LogP contribution in [0.2, 0.25) is 0 Å². The maximum Gasteiger partial charge on any atom is 0.262 e. The van der Waals surface area contributed by atoms with Crippen molar-refractivity contribution >= 4 is 43.2 Å². The van der Waals surface area contributed by atoms with E-state index in [0.29, 0.717) is 28.1 Å². The molecule has 1 unspecified atom stereocenters. The molecular formula is C18H19BrN2O4S. The van der Waals surface area contributed by atoms with Crippen molar-refractivity contribution in [1.82, 2.24) is 0 Å². The molecule has 26 heavy (non-hydrogen) atoms. The van der Waals surface area contributed by atoms with E-state index in [0.717, 1.165) is 5.56 Å². The average molecular weight is 439 g/mol. The van der Waals surface area contributed by atoms with Crippen LogP contribution in [0.3, 0.4) is 0 Å². The highest BCUT2D eigenvalue weighted by Crippen LogP contribution is 2.36. The highest BCUT2D eigenvalue weighted by atomic mass is 79.9. The maximum atomic E-state index is 12.8. The van der Waals surface area contributed by atoms with Gasteiger partial charge in [-0.25, -0.2) is 8.42 Å². The molecule has 0 aliphatic carbocycles. The van der Waals surface area contributed by atoms with Gasteiger partial charge in [0.1, 0.15) is 11.9 Å². The highest BCUT2D eigenvalue weighted by molar-refractivity contribution is 9.10. The Labute approximate surface area is 161 Å². The number of nitrogens with zero attached hydrogens (tertiary/aromatic N) is 1. The van der Waals surface area contributed by atoms with Crippen LogP contribution in [0.5, 0.6) is 5.75 Å². The minimum absolute atomic E-state index is 0.0631. The second-order valence-electron chi connectivity index (χ2n) is 6.28. The molecule has 1 atom stereocenters. The number of halogens is 1. The molecule has 6 nitrogen and oxygen atoms in total. The molecule has 1 aliphatic heterocycles. The van der Waals surface area contributed by atoms with Crippen LogP contribution in [0.4, 0.5) is 11.4 Å². The van der Waals surface area contributed by atoms with Crippen LogP contribution in [0, 0.1) is 6.92 Å². The van der Waals surface area contributed by atoms with Gasteiger partial charge in [-0.3, -0.25) is 9.52 Å². The van der Waals surface area contributed by atoms with Gasteiger partial charge in [0.15, 0.2) is 0 Å². The van der Waals surface area contributed by atoms with Gasteiger partial charge >= 0.3 is 0 Å². The average Bonchev–Trinajstić information content (AvgIpc) is 2.56. The van der Waals surface area contributed by atoms with Crippen LogP contribution >= 0.6 is 15.9 Å². The zero-order chi connectivity index (χ0) is 19.1. The van der Waals surface area contributed by atoms with Crippen LogP contribution in [-0.4, -0.2) is 27.0 Å². The van der Waals surface area contributed by atoms with Gasteiger partial charge in [-0.05, 0) is 65.7 Å². The number of carbonyl (C=O) groups excluding carboxylic acids is 1. The van der Waals surface area contributed by atoms with Gasteiger partial charge in [-0.1, -0.05) is 6.07 Å². The molecule has 2 aromatic rings. The minimum atomic E-state index is -3.82. The zero-order valence-corrected chi connectivity index (χ0v) is 17.0. The van der Waals surface area contributed by atoms with E-state index in [2.05, 4.69) is 20.7 Å². The predicted molar refractivity (Wildman–Crippen MR) is 104 cm³/mol. The minimum Gasteiger partial charge on any atom is -0.487 e. The first-order valence-electron chi connectivity index (χ1n) is 8.05. The smallest absolute Gasteiger partial charge is 0.262 e. The van der Waals surface area contributed by atoms with E-state index in [9.17, 15) is 13.2 Å². The highest BCUT2D eigenvalue weighted by Gasteiger charge is 2.28. The lowest BCUT2D eigenvalue weighted by atomic mass is 10.2. The molecule has 2 aromatic carbocycles. The van der Waals surface area contributed by atoms with Gasteiger partial charge in [0.05, 0.1) is 22.8 Å². The zero-order valence-electron chi connectivity index (χ0n) is 14.6. The molecule has 8 heteroatoms. The molecule has 0 saturated carbocycles. The molecule has 1 aliphatic rings. The lowest BCUT2D eigenvalue weighted by Gasteiger charge is -2.33. The number of hydrogen-bond acceptors (Lipinski definition) is 4. The Balaban J connectivity index is 1.98. The van der Waals surface area contributed by atoms with E-state index >= 15 is 0 Å². The summed E-state index contributed by atoms with van der Waals surface area (Å²) in [5, 5.41) is 0. The second kappa shape index (κ2) is 6.92. The normalized spacial score (nSPS) is 16.6. The maximum absolute atomic E-state index is 12.8. The first-order chi connectivity index (χ1) is 12.2. The number of rotatable bonds is 3. The summed E-state index contributed by atoms with van der Waals surface area (Å²) in [4.78, 5) is 13.5. The summed E-state index contributed by atoms with van der Waals surface area (Å²) in [5.41, 5.74) is 1.92. The number of hydrogen-bond donors (Lipinski definition) is 1. The molecule has 0 saturated heterocycles. The van der Waals surface area contributed by atoms with Gasteiger partial charge in [-0.15, -0.1) is 0 Å². The number of carbonyl (C=O) groups is 1. The van der Waals surface area contributed by atoms with Gasteiger partial charge in [0.25, 0.3) is 10.0 Å². The molecule has 3 rings (SSSR count). The van der Waals surface area contributed by atoms with Crippen LogP contribution in [-0.2, 0) is 14.8 Å². The summed E-state index contributed by atoms with van der Waals surface area (Å²) < 4.78 is 34.5. The van der Waals surface area contributed by atoms with Gasteiger partial charge in [0.2, 0.25) is 5.91 Å². The number of anilines is 2. The second-order valence-corrected chi connectivity index (χ2v) is 8.81. The molecule has 0 spiro atoms. The van der Waals surface area contributed by atoms with E-state index in [1.165, 1.54) is 24.0 Å². The van der Waals surface area contributed by atoms with Gasteiger partial charge < -0.3 is 9.64 Å². The SMILES string of the molecule is CC(=O)N1CC(C)Oc2ccc(S(=O)(=O)Nc3ccc(C)cc3Br)cc21. The lowest BCUT2D eigenvalue weighted by molar-refractivity contribution is -0.117. The summed E-state index contributed by atoms with van der Waals surface area (Å²) in [5.74, 6) is 0.333. The summed E-state index contributed by atoms with van der Waals surface area (Å²) in [6.07, 6.45) is -0.157. The Bertz CT molecular complexity index is 975. The molecule has 138 valence electrons. The molecule has 0 bridgehead atoms. The van der Waals surface area contributed by atoms with Crippen molar-refractivity contribution in [2.45, 2.75) is 31.8 Å². The number of benzene rings is 2. The Morgan fingerprint density at radius 3 is 2.65 bits per heavy atom. The van der Waals surface area contributed by atoms with E-state index < -0.39 is 10.0 Å². The number of sulfonamides is 1. The summed E-state index contributed by atoms with van der Waals surface area (Å²) in [6, 6.07) is 9.87. The van der Waals surface area contributed by atoms with E-state index in [4.69, 9.17) is 4.74 Å². The first kappa shape index (κ1) is 18.7. The summed E-state index contributed by atoms with van der Waals surface area (Å²) in [7, 11) is -3.82. The van der Waals surface area contributed by atoms with E-state index in [1.807, 2.05) is 26.0 Å². The third kappa shape index (κ3) is 3.71. The summed E-state index contributed by atoms with van der Waals surface area (Å²) in [6.45, 7) is 5.61. The first-order valence-corrected chi connectivity index (χ1v) is 10.3. The van der Waals surface area contributed by atoms with Crippen LogP contribution in [0.1, 0.15) is 19.4 Å². The Morgan fingerprint density at radius 2 is 2.00 bits per heavy atom. The van der Waals surface area contributed by atoms with Crippen molar-refractivity contribution in [3.05, 3.63) is 46.4 Å². The quantitative estimate of drug-likeness (QED) is 0.792. The monoisotopic (exact) mass is 438 g/mol. The van der Waals surface area contributed by atoms with Crippen molar-refractivity contribution in [1.29, 1.82) is 0 Å². The summed E-state index contributed by atoms with van der Waals surface area (Å²) >= 11 is 3.37. The van der Waals surface area contributed by atoms with Crippen molar-refractivity contribution in [2.24, 2.45) is 0 Å². The fourth-order valence-electron chi connectivity index (χ4n) is 2.79. The predicted octanol–water partition coefficient (Wildman–Crippen LogP) is 3.69. The Kier molecular flexibility index (Phi) is 4.98. The van der Waals surface area contributed by atoms with Gasteiger partial charge in [-0.2, -0.15) is 0 Å². The lowest BCUT2D eigenvalue weighted by Crippen LogP contribution is -2.41. The van der Waals surface area contributed by atoms with Crippen molar-refractivity contribution < 1.29 is 17.9 Å². The fraction of sp³-hybridized carbons (Fsp3) is 0.278. The van der Waals surface area contributed by atoms with E-state index in [-0.39, 0.29) is 16.9 Å². The molecule has 0 fully saturated rings. The Hall–Kier alpha value is -2.06. The number of nitrogens with one attached hydrogen (secondary N) is 1. The molecule has 1 N–H and O–H groups in total. The molecule has 0 radical (unpaired) electrons. The Morgan fingerprint density at radius 1 is 1.27 bits per heavy atom. The number of fused-ring (bicyclic) bond motifs is 1. The van der Waals surface area contributed by atoms with Crippen molar-refractivity contribution in [3.63, 3.8) is 0 Å². The van der Waals surface area contributed by atoms with Crippen molar-refractivity contribution in [2.75, 3.05) is 16.2 Å². The molecule has 0 aromatic heterocycles. The number of aryl methyl sites for hydroxylation is 1. The third-order valence-electron chi connectivity index (χ3n) is 4.05.